The van der Waals surface area contributed by atoms with E-state index in [9.17, 15) is 18.4 Å². The standard InChI is InChI=1S/C18H15F3N2/c1-17(13-22,12-18(19,20)21)23-16(14-8-4-2-5-9-14)15-10-6-3-7-11-15/h2-11H,12H2,1H3. The highest BCUT2D eigenvalue weighted by Gasteiger charge is 2.40. The molecule has 23 heavy (non-hydrogen) atoms. The maximum absolute atomic E-state index is 12.8. The summed E-state index contributed by atoms with van der Waals surface area (Å²) in [5, 5.41) is 9.23. The number of aliphatic imine (C=N–C) groups is 1. The minimum Gasteiger partial charge on any atom is -0.262 e. The Kier molecular flexibility index (Phi) is 4.85. The van der Waals surface area contributed by atoms with Crippen LogP contribution >= 0.6 is 0 Å². The molecule has 0 radical (unpaired) electrons. The summed E-state index contributed by atoms with van der Waals surface area (Å²) in [6, 6.07) is 19.5. The zero-order chi connectivity index (χ0) is 16.9. The van der Waals surface area contributed by atoms with E-state index in [1.165, 1.54) is 6.92 Å². The molecule has 0 saturated heterocycles. The van der Waals surface area contributed by atoms with Crippen LogP contribution in [-0.2, 0) is 0 Å². The Morgan fingerprint density at radius 3 is 1.74 bits per heavy atom. The summed E-state index contributed by atoms with van der Waals surface area (Å²) in [6.45, 7) is 1.20. The van der Waals surface area contributed by atoms with E-state index in [0.717, 1.165) is 0 Å². The van der Waals surface area contributed by atoms with Gasteiger partial charge in [-0.25, -0.2) is 0 Å². The number of hydrogen-bond acceptors (Lipinski definition) is 2. The van der Waals surface area contributed by atoms with E-state index in [2.05, 4.69) is 4.99 Å². The maximum atomic E-state index is 12.8. The number of nitrogens with zero attached hydrogens (tertiary/aromatic N) is 2. The number of hydrogen-bond donors (Lipinski definition) is 0. The molecule has 0 aliphatic carbocycles. The van der Waals surface area contributed by atoms with Gasteiger partial charge in [0.1, 0.15) is 0 Å². The molecular weight excluding hydrogens is 301 g/mol. The van der Waals surface area contributed by atoms with Crippen molar-refractivity contribution in [2.45, 2.75) is 25.1 Å². The summed E-state index contributed by atoms with van der Waals surface area (Å²) in [5.41, 5.74) is -0.164. The van der Waals surface area contributed by atoms with Crippen molar-refractivity contribution in [1.29, 1.82) is 5.26 Å². The molecule has 0 N–H and O–H groups in total. The van der Waals surface area contributed by atoms with Crippen molar-refractivity contribution in [3.8, 4) is 6.07 Å². The molecule has 5 heteroatoms. The third kappa shape index (κ3) is 4.68. The lowest BCUT2D eigenvalue weighted by molar-refractivity contribution is -0.141. The van der Waals surface area contributed by atoms with Crippen LogP contribution in [0.2, 0.25) is 0 Å². The van der Waals surface area contributed by atoms with Crippen LogP contribution in [0.1, 0.15) is 24.5 Å². The van der Waals surface area contributed by atoms with Crippen LogP contribution < -0.4 is 0 Å². The monoisotopic (exact) mass is 316 g/mol. The summed E-state index contributed by atoms with van der Waals surface area (Å²) in [4.78, 5) is 4.19. The Labute approximate surface area is 132 Å². The van der Waals surface area contributed by atoms with Gasteiger partial charge in [-0.3, -0.25) is 4.99 Å². The Morgan fingerprint density at radius 2 is 1.39 bits per heavy atom. The lowest BCUT2D eigenvalue weighted by Gasteiger charge is -2.21. The number of halogens is 3. The van der Waals surface area contributed by atoms with Gasteiger partial charge in [-0.1, -0.05) is 60.7 Å². The summed E-state index contributed by atoms with van der Waals surface area (Å²) >= 11 is 0. The normalized spacial score (nSPS) is 13.7. The predicted octanol–water partition coefficient (Wildman–Crippen LogP) is 4.76. The number of alkyl halides is 3. The molecule has 2 aromatic carbocycles. The molecule has 0 spiro atoms. The molecule has 0 heterocycles. The van der Waals surface area contributed by atoms with Crippen molar-refractivity contribution in [3.05, 3.63) is 71.8 Å². The van der Waals surface area contributed by atoms with Gasteiger partial charge in [0.05, 0.1) is 18.2 Å². The fourth-order valence-electron chi connectivity index (χ4n) is 2.23. The fraction of sp³-hybridized carbons (Fsp3) is 0.222. The quantitative estimate of drug-likeness (QED) is 0.749. The van der Waals surface area contributed by atoms with Gasteiger partial charge in [-0.2, -0.15) is 18.4 Å². The molecule has 118 valence electrons. The number of benzene rings is 2. The molecule has 0 saturated carbocycles. The second kappa shape index (κ2) is 6.66. The maximum Gasteiger partial charge on any atom is 0.392 e. The summed E-state index contributed by atoms with van der Waals surface area (Å²) in [6.07, 6.45) is -5.76. The molecule has 0 aliphatic rings. The lowest BCUT2D eigenvalue weighted by Crippen LogP contribution is -2.30. The van der Waals surface area contributed by atoms with Crippen molar-refractivity contribution < 1.29 is 13.2 Å². The SMILES string of the molecule is CC(C#N)(CC(F)(F)F)N=C(c1ccccc1)c1ccccc1. The second-order valence-corrected chi connectivity index (χ2v) is 5.37. The Hall–Kier alpha value is -2.61. The summed E-state index contributed by atoms with van der Waals surface area (Å²) < 4.78 is 38.3. The van der Waals surface area contributed by atoms with Crippen LogP contribution in [0.25, 0.3) is 0 Å². The molecule has 2 aromatic rings. The van der Waals surface area contributed by atoms with Crippen LogP contribution in [0.4, 0.5) is 13.2 Å². The zero-order valence-electron chi connectivity index (χ0n) is 12.5. The van der Waals surface area contributed by atoms with E-state index < -0.39 is 18.1 Å². The third-order valence-electron chi connectivity index (χ3n) is 3.24. The van der Waals surface area contributed by atoms with E-state index in [1.54, 1.807) is 54.6 Å². The molecule has 2 rings (SSSR count). The average Bonchev–Trinajstić information content (AvgIpc) is 2.53. The minimum absolute atomic E-state index is 0.375. The van der Waals surface area contributed by atoms with Crippen LogP contribution in [0, 0.1) is 11.3 Å². The Balaban J connectivity index is 2.56. The van der Waals surface area contributed by atoms with Crippen molar-refractivity contribution in [1.82, 2.24) is 0 Å². The molecule has 0 aromatic heterocycles. The van der Waals surface area contributed by atoms with Gasteiger partial charge in [0.15, 0.2) is 5.54 Å². The van der Waals surface area contributed by atoms with Crippen LogP contribution in [0.5, 0.6) is 0 Å². The Bertz CT molecular complexity index is 674. The van der Waals surface area contributed by atoms with E-state index in [4.69, 9.17) is 0 Å². The van der Waals surface area contributed by atoms with Crippen molar-refractivity contribution in [3.63, 3.8) is 0 Å². The van der Waals surface area contributed by atoms with Gasteiger partial charge in [-0.05, 0) is 6.92 Å². The van der Waals surface area contributed by atoms with E-state index in [1.807, 2.05) is 12.1 Å². The van der Waals surface area contributed by atoms with Crippen LogP contribution in [0.3, 0.4) is 0 Å². The molecule has 1 unspecified atom stereocenters. The van der Waals surface area contributed by atoms with Crippen molar-refractivity contribution >= 4 is 5.71 Å². The van der Waals surface area contributed by atoms with Gasteiger partial charge < -0.3 is 0 Å². The first-order chi connectivity index (χ1) is 10.8. The first kappa shape index (κ1) is 16.8. The average molecular weight is 316 g/mol. The van der Waals surface area contributed by atoms with Gasteiger partial charge in [0.2, 0.25) is 0 Å². The van der Waals surface area contributed by atoms with Gasteiger partial charge in [0, 0.05) is 11.1 Å². The second-order valence-electron chi connectivity index (χ2n) is 5.37. The van der Waals surface area contributed by atoms with Crippen LogP contribution in [0.15, 0.2) is 65.7 Å². The third-order valence-corrected chi connectivity index (χ3v) is 3.24. The Morgan fingerprint density at radius 1 is 0.957 bits per heavy atom. The molecule has 0 bridgehead atoms. The lowest BCUT2D eigenvalue weighted by atomic mass is 9.96. The van der Waals surface area contributed by atoms with Crippen molar-refractivity contribution in [2.75, 3.05) is 0 Å². The van der Waals surface area contributed by atoms with Crippen LogP contribution in [-0.4, -0.2) is 17.4 Å². The molecular formula is C18H15F3N2. The smallest absolute Gasteiger partial charge is 0.262 e. The van der Waals surface area contributed by atoms with Gasteiger partial charge >= 0.3 is 6.18 Å². The zero-order valence-corrected chi connectivity index (χ0v) is 12.5. The molecule has 0 fully saturated rings. The molecule has 0 aliphatic heterocycles. The van der Waals surface area contributed by atoms with E-state index in [-0.39, 0.29) is 0 Å². The fourth-order valence-corrected chi connectivity index (χ4v) is 2.23. The topological polar surface area (TPSA) is 36.1 Å². The number of rotatable bonds is 4. The largest absolute Gasteiger partial charge is 0.392 e. The highest BCUT2D eigenvalue weighted by molar-refractivity contribution is 6.13. The first-order valence-corrected chi connectivity index (χ1v) is 7.02. The van der Waals surface area contributed by atoms with Crippen molar-refractivity contribution in [2.24, 2.45) is 4.99 Å². The van der Waals surface area contributed by atoms with E-state index >= 15 is 0 Å². The highest BCUT2D eigenvalue weighted by Crippen LogP contribution is 2.30. The van der Waals surface area contributed by atoms with Gasteiger partial charge in [-0.15, -0.1) is 0 Å². The number of nitriles is 1. The van der Waals surface area contributed by atoms with Gasteiger partial charge in [0.25, 0.3) is 0 Å². The summed E-state index contributed by atoms with van der Waals surface area (Å²) in [7, 11) is 0. The first-order valence-electron chi connectivity index (χ1n) is 7.02. The minimum atomic E-state index is -4.47. The molecule has 0 amide bonds. The predicted molar refractivity (Wildman–Crippen MR) is 83.2 cm³/mol. The molecule has 2 nitrogen and oxygen atoms in total. The van der Waals surface area contributed by atoms with E-state index in [0.29, 0.717) is 16.8 Å². The summed E-state index contributed by atoms with van der Waals surface area (Å²) in [5.74, 6) is 0. The molecule has 1 atom stereocenters. The highest BCUT2D eigenvalue weighted by atomic mass is 19.4.